The molecule has 10 N–H and O–H groups in total. The van der Waals surface area contributed by atoms with Crippen molar-refractivity contribution in [2.45, 2.75) is 284 Å². The van der Waals surface area contributed by atoms with Gasteiger partial charge in [-0.25, -0.2) is 9.13 Å². The van der Waals surface area contributed by atoms with E-state index in [1.807, 2.05) is 0 Å². The Morgan fingerprint density at radius 1 is 0.305 bits per heavy atom. The van der Waals surface area contributed by atoms with Crippen molar-refractivity contribution in [1.82, 2.24) is 0 Å². The van der Waals surface area contributed by atoms with Crippen LogP contribution in [-0.2, 0) is 9.13 Å². The molecule has 0 amide bonds. The highest BCUT2D eigenvalue weighted by Crippen LogP contribution is 2.38. The lowest BCUT2D eigenvalue weighted by atomic mass is 9.74. The van der Waals surface area contributed by atoms with Crippen LogP contribution < -0.4 is 0 Å². The summed E-state index contributed by atoms with van der Waals surface area (Å²) in [5.74, 6) is -4.90. The van der Waals surface area contributed by atoms with E-state index in [1.165, 1.54) is 231 Å². The van der Waals surface area contributed by atoms with Crippen molar-refractivity contribution >= 4 is 15.6 Å². The van der Waals surface area contributed by atoms with Crippen LogP contribution >= 0.6 is 15.6 Å². The van der Waals surface area contributed by atoms with E-state index in [4.69, 9.17) is 58.9 Å². The molecule has 362 valence electrons. The molecule has 0 atom stereocenters. The van der Waals surface area contributed by atoms with Gasteiger partial charge in [-0.1, -0.05) is 246 Å². The van der Waals surface area contributed by atoms with Crippen molar-refractivity contribution in [3.05, 3.63) is 0 Å². The summed E-state index contributed by atoms with van der Waals surface area (Å²) in [7, 11) is -9.28. The molecule has 0 saturated heterocycles. The first kappa shape index (κ1) is 65.7. The molecule has 0 rings (SSSR count). The van der Waals surface area contributed by atoms with Gasteiger partial charge in [0.05, 0.1) is 0 Å². The molecule has 59 heavy (non-hydrogen) atoms. The first-order valence-electron chi connectivity index (χ1n) is 24.0. The minimum atomic E-state index is -4.64. The topological polar surface area (TPSA) is 236 Å². The van der Waals surface area contributed by atoms with E-state index >= 15 is 0 Å². The van der Waals surface area contributed by atoms with Gasteiger partial charge in [-0.05, 0) is 32.1 Å². The third-order valence-corrected chi connectivity index (χ3v) is 11.5. The Labute approximate surface area is 363 Å². The molecule has 0 aromatic carbocycles. The van der Waals surface area contributed by atoms with Gasteiger partial charge >= 0.3 is 15.6 Å². The molecule has 0 bridgehead atoms. The SMILES string of the molecule is CC(O)(O)C(C)(O)O.CCCCCCCCCCCCCCCCCCC(CC)(CC)CCCCCCCCCCCCCCCCCC.O=P(O)(O)O.O=P(O)(O)O. The van der Waals surface area contributed by atoms with Crippen LogP contribution in [-0.4, -0.2) is 61.4 Å². The van der Waals surface area contributed by atoms with Gasteiger partial charge in [0.1, 0.15) is 0 Å². The molecule has 0 radical (unpaired) electrons. The molecule has 0 heterocycles. The van der Waals surface area contributed by atoms with Crippen molar-refractivity contribution in [3.63, 3.8) is 0 Å². The van der Waals surface area contributed by atoms with E-state index in [0.29, 0.717) is 5.41 Å². The van der Waals surface area contributed by atoms with Crippen LogP contribution in [0.25, 0.3) is 0 Å². The summed E-state index contributed by atoms with van der Waals surface area (Å²) in [6.45, 7) is 11.3. The summed E-state index contributed by atoms with van der Waals surface area (Å²) in [6, 6.07) is 0. The molecule has 0 fully saturated rings. The zero-order valence-electron chi connectivity index (χ0n) is 39.1. The smallest absolute Gasteiger partial charge is 0.362 e. The van der Waals surface area contributed by atoms with E-state index in [0.717, 1.165) is 13.8 Å². The second-order valence-electron chi connectivity index (χ2n) is 17.4. The van der Waals surface area contributed by atoms with Crippen LogP contribution in [0, 0.1) is 5.41 Å². The van der Waals surface area contributed by atoms with Crippen molar-refractivity contribution in [2.75, 3.05) is 0 Å². The Hall–Kier alpha value is 0.0600. The molecule has 0 aliphatic rings. The minimum absolute atomic E-state index is 0.659. The minimum Gasteiger partial charge on any atom is -0.362 e. The summed E-state index contributed by atoms with van der Waals surface area (Å²) in [4.78, 5) is 43.1. The van der Waals surface area contributed by atoms with E-state index in [-0.39, 0.29) is 0 Å². The number of unbranched alkanes of at least 4 members (excludes halogenated alkanes) is 30. The molecule has 0 spiro atoms. The van der Waals surface area contributed by atoms with Gasteiger partial charge in [0.15, 0.2) is 0 Å². The second-order valence-corrected chi connectivity index (χ2v) is 19.4. The molecule has 0 saturated carbocycles. The Kier molecular flexibility index (Phi) is 48.2. The predicted molar refractivity (Wildman–Crippen MR) is 246 cm³/mol. The molecule has 14 heteroatoms. The first-order valence-corrected chi connectivity index (χ1v) is 27.1. The van der Waals surface area contributed by atoms with Crippen molar-refractivity contribution < 1.29 is 58.9 Å². The highest BCUT2D eigenvalue weighted by atomic mass is 31.2. The lowest BCUT2D eigenvalue weighted by Gasteiger charge is -2.32. The number of aliphatic hydroxyl groups is 4. The van der Waals surface area contributed by atoms with Gasteiger partial charge in [0.25, 0.3) is 0 Å². The highest BCUT2D eigenvalue weighted by molar-refractivity contribution is 7.45. The summed E-state index contributed by atoms with van der Waals surface area (Å²) in [5.41, 5.74) is 0.659. The zero-order chi connectivity index (χ0) is 46.0. The summed E-state index contributed by atoms with van der Waals surface area (Å²) in [6.07, 6.45) is 53.0. The Morgan fingerprint density at radius 2 is 0.441 bits per heavy atom. The molecule has 0 aromatic heterocycles. The fourth-order valence-corrected chi connectivity index (χ4v) is 7.18. The van der Waals surface area contributed by atoms with Gasteiger partial charge in [-0.15, -0.1) is 0 Å². The summed E-state index contributed by atoms with van der Waals surface area (Å²) < 4.78 is 17.8. The Balaban J connectivity index is -0.000000690. The van der Waals surface area contributed by atoms with E-state index in [1.54, 1.807) is 0 Å². The number of phosphoric acid groups is 2. The van der Waals surface area contributed by atoms with E-state index in [9.17, 15) is 0 Å². The van der Waals surface area contributed by atoms with Crippen molar-refractivity contribution in [2.24, 2.45) is 5.41 Å². The molecule has 12 nitrogen and oxygen atoms in total. The van der Waals surface area contributed by atoms with E-state index < -0.39 is 27.2 Å². The van der Waals surface area contributed by atoms with Crippen LogP contribution in [0.1, 0.15) is 273 Å². The maximum Gasteiger partial charge on any atom is 0.466 e. The van der Waals surface area contributed by atoms with Crippen LogP contribution in [0.5, 0.6) is 0 Å². The van der Waals surface area contributed by atoms with Crippen LogP contribution in [0.15, 0.2) is 0 Å². The monoisotopic (exact) mass is 895 g/mol. The number of rotatable bonds is 37. The Morgan fingerprint density at radius 3 is 0.559 bits per heavy atom. The first-order chi connectivity index (χ1) is 27.5. The number of hydrogen-bond acceptors (Lipinski definition) is 6. The third-order valence-electron chi connectivity index (χ3n) is 11.5. The fraction of sp³-hybridized carbons (Fsp3) is 1.00. The van der Waals surface area contributed by atoms with Gasteiger partial charge in [0.2, 0.25) is 11.6 Å². The lowest BCUT2D eigenvalue weighted by Crippen LogP contribution is -2.49. The van der Waals surface area contributed by atoms with Gasteiger partial charge in [-0.3, -0.25) is 0 Å². The molecule has 0 aromatic rings. The molecular weight excluding hydrogens is 794 g/mol. The van der Waals surface area contributed by atoms with Gasteiger partial charge in [-0.2, -0.15) is 0 Å². The maximum absolute atomic E-state index is 8.88. The molecule has 0 aliphatic heterocycles. The third kappa shape index (κ3) is 64.8. The highest BCUT2D eigenvalue weighted by Gasteiger charge is 2.37. The van der Waals surface area contributed by atoms with Crippen LogP contribution in [0.2, 0.25) is 0 Å². The van der Waals surface area contributed by atoms with Gasteiger partial charge in [0, 0.05) is 0 Å². The average molecular weight is 895 g/mol. The molecule has 0 unspecified atom stereocenters. The molecule has 0 aliphatic carbocycles. The predicted octanol–water partition coefficient (Wildman–Crippen LogP) is 12.6. The Bertz CT molecular complexity index is 838. The molecular formula is C45H100O12P2. The summed E-state index contributed by atoms with van der Waals surface area (Å²) in [5, 5.41) is 33.6. The normalized spacial score (nSPS) is 12.3. The number of hydrogen-bond donors (Lipinski definition) is 10. The van der Waals surface area contributed by atoms with Crippen molar-refractivity contribution in [1.29, 1.82) is 0 Å². The second kappa shape index (κ2) is 43.3. The fourth-order valence-electron chi connectivity index (χ4n) is 7.18. The standard InChI is InChI=1S/C41H84.C4H10O4.2H3O4P/c1-5-9-11-13-15-17-19-21-23-25-27-29-31-33-35-37-39-41(7-3,8-4)40-38-36-34-32-30-28-26-24-22-20-18-16-14-12-10-6-2;1-3(5,6)4(2,7)8;2*1-5(2,3)4/h5-40H2,1-4H3;5-8H,1-2H3;2*(H3,1,2,3,4). The van der Waals surface area contributed by atoms with Crippen molar-refractivity contribution in [3.8, 4) is 0 Å². The maximum atomic E-state index is 8.88. The average Bonchev–Trinajstić information content (AvgIpc) is 3.12. The van der Waals surface area contributed by atoms with Crippen LogP contribution in [0.4, 0.5) is 0 Å². The zero-order valence-corrected chi connectivity index (χ0v) is 40.9. The summed E-state index contributed by atoms with van der Waals surface area (Å²) >= 11 is 0. The van der Waals surface area contributed by atoms with Gasteiger partial charge < -0.3 is 49.8 Å². The lowest BCUT2D eigenvalue weighted by molar-refractivity contribution is -0.339. The van der Waals surface area contributed by atoms with Crippen LogP contribution in [0.3, 0.4) is 0 Å². The largest absolute Gasteiger partial charge is 0.466 e. The van der Waals surface area contributed by atoms with E-state index in [2.05, 4.69) is 27.7 Å². The quantitative estimate of drug-likeness (QED) is 0.0159.